The molecule has 1 aliphatic heterocycles. The molecule has 10 heteroatoms. The van der Waals surface area contributed by atoms with Crippen LogP contribution in [0.5, 0.6) is 5.75 Å². The Kier molecular flexibility index (Phi) is 9.16. The number of rotatable bonds is 6. The van der Waals surface area contributed by atoms with Gasteiger partial charge < -0.3 is 25.0 Å². The molecule has 2 aromatic carbocycles. The number of ether oxygens (including phenoxy) is 1. The zero-order valence-corrected chi connectivity index (χ0v) is 21.6. The van der Waals surface area contributed by atoms with Gasteiger partial charge in [0, 0.05) is 18.1 Å². The summed E-state index contributed by atoms with van der Waals surface area (Å²) in [7, 11) is 0. The number of pyridine rings is 1. The number of aliphatic carboxylic acids is 1. The fourth-order valence-electron chi connectivity index (χ4n) is 4.13. The number of carboxylic acid groups (broad SMARTS) is 1. The summed E-state index contributed by atoms with van der Waals surface area (Å²) in [5, 5.41) is 13.1. The highest BCUT2D eigenvalue weighted by Crippen LogP contribution is 2.27. The van der Waals surface area contributed by atoms with Crippen LogP contribution in [0.1, 0.15) is 35.3 Å². The summed E-state index contributed by atoms with van der Waals surface area (Å²) in [6, 6.07) is 19.5. The number of anilines is 2. The van der Waals surface area contributed by atoms with E-state index in [1.165, 1.54) is 9.80 Å². The van der Waals surface area contributed by atoms with E-state index in [0.29, 0.717) is 41.7 Å². The molecule has 0 unspecified atom stereocenters. The lowest BCUT2D eigenvalue weighted by molar-refractivity contribution is -0.145. The molecule has 0 radical (unpaired) electrons. The van der Waals surface area contributed by atoms with E-state index in [9.17, 15) is 19.5 Å². The average molecular weight is 537 g/mol. The van der Waals surface area contributed by atoms with Crippen LogP contribution in [0, 0.1) is 0 Å². The molecule has 1 aromatic heterocycles. The second-order valence-electron chi connectivity index (χ2n) is 8.90. The fourth-order valence-corrected chi connectivity index (χ4v) is 4.32. The standard InChI is InChI=1S/C28H29ClN4O5/c29-21-10-3-2-9-20(21)17-33(19-27(35)36)26(34)18-32-15-6-1-7-16-38-24-13-5-4-11-22(24)30-25-14-8-12-23(31-25)28(32)37/h2-5,8-14H,1,6-7,15-19H2,(H,30,31)(H,35,36). The van der Waals surface area contributed by atoms with Crippen LogP contribution in [-0.4, -0.2) is 63.9 Å². The molecule has 9 nitrogen and oxygen atoms in total. The van der Waals surface area contributed by atoms with Gasteiger partial charge in [0.2, 0.25) is 5.91 Å². The molecule has 198 valence electrons. The summed E-state index contributed by atoms with van der Waals surface area (Å²) in [5.41, 5.74) is 1.53. The third-order valence-electron chi connectivity index (χ3n) is 6.06. The van der Waals surface area contributed by atoms with Crippen molar-refractivity contribution in [3.63, 3.8) is 0 Å². The Balaban J connectivity index is 1.57. The third kappa shape index (κ3) is 7.23. The number of halogens is 1. The molecular weight excluding hydrogens is 508 g/mol. The van der Waals surface area contributed by atoms with Crippen molar-refractivity contribution in [2.45, 2.75) is 25.8 Å². The molecule has 4 rings (SSSR count). The van der Waals surface area contributed by atoms with Gasteiger partial charge in [-0.05, 0) is 55.2 Å². The van der Waals surface area contributed by atoms with Gasteiger partial charge in [-0.25, -0.2) is 4.98 Å². The van der Waals surface area contributed by atoms with Crippen molar-refractivity contribution in [2.75, 3.05) is 31.6 Å². The van der Waals surface area contributed by atoms with E-state index in [2.05, 4.69) is 10.3 Å². The molecule has 0 aliphatic carbocycles. The van der Waals surface area contributed by atoms with E-state index in [1.54, 1.807) is 42.5 Å². The quantitative estimate of drug-likeness (QED) is 0.473. The van der Waals surface area contributed by atoms with E-state index in [0.717, 1.165) is 18.5 Å². The normalized spacial score (nSPS) is 13.9. The number of nitrogens with one attached hydrogen (secondary N) is 1. The molecule has 0 spiro atoms. The smallest absolute Gasteiger partial charge is 0.323 e. The minimum atomic E-state index is -1.15. The Hall–Kier alpha value is -4.11. The Bertz CT molecular complexity index is 1300. The molecule has 2 bridgehead atoms. The summed E-state index contributed by atoms with van der Waals surface area (Å²) in [4.78, 5) is 45.5. The first-order chi connectivity index (χ1) is 18.4. The van der Waals surface area contributed by atoms with Gasteiger partial charge in [0.1, 0.15) is 30.4 Å². The molecule has 3 aromatic rings. The van der Waals surface area contributed by atoms with Gasteiger partial charge >= 0.3 is 5.97 Å². The number of benzene rings is 2. The average Bonchev–Trinajstić information content (AvgIpc) is 2.90. The summed E-state index contributed by atoms with van der Waals surface area (Å²) in [5.74, 6) is -0.891. The fraction of sp³-hybridized carbons (Fsp3) is 0.286. The zero-order chi connectivity index (χ0) is 26.9. The van der Waals surface area contributed by atoms with E-state index in [1.807, 2.05) is 24.3 Å². The van der Waals surface area contributed by atoms with Crippen molar-refractivity contribution in [2.24, 2.45) is 0 Å². The Labute approximate surface area is 226 Å². The van der Waals surface area contributed by atoms with Crippen molar-refractivity contribution in [3.05, 3.63) is 83.0 Å². The molecule has 0 saturated carbocycles. The number of fused-ring (bicyclic) bond motifs is 3. The van der Waals surface area contributed by atoms with Gasteiger partial charge in [0.25, 0.3) is 5.91 Å². The predicted molar refractivity (Wildman–Crippen MR) is 144 cm³/mol. The molecule has 0 atom stereocenters. The van der Waals surface area contributed by atoms with Crippen molar-refractivity contribution < 1.29 is 24.2 Å². The van der Waals surface area contributed by atoms with E-state index in [-0.39, 0.29) is 18.8 Å². The van der Waals surface area contributed by atoms with Crippen molar-refractivity contribution in [1.82, 2.24) is 14.8 Å². The van der Waals surface area contributed by atoms with Gasteiger partial charge in [0.15, 0.2) is 0 Å². The van der Waals surface area contributed by atoms with Gasteiger partial charge in [-0.3, -0.25) is 14.4 Å². The monoisotopic (exact) mass is 536 g/mol. The molecule has 2 amide bonds. The van der Waals surface area contributed by atoms with Crippen LogP contribution in [0.15, 0.2) is 66.7 Å². The first-order valence-corrected chi connectivity index (χ1v) is 12.8. The first-order valence-electron chi connectivity index (χ1n) is 12.4. The summed E-state index contributed by atoms with van der Waals surface area (Å²) < 4.78 is 5.95. The van der Waals surface area contributed by atoms with Crippen LogP contribution in [-0.2, 0) is 16.1 Å². The number of carbonyl (C=O) groups excluding carboxylic acids is 2. The SMILES string of the molecule is O=C(O)CN(Cc1ccccc1Cl)C(=O)CN1CCCCCOc2ccccc2Nc2cccc(n2)C1=O. The maximum atomic E-state index is 13.5. The van der Waals surface area contributed by atoms with E-state index in [4.69, 9.17) is 16.3 Å². The largest absolute Gasteiger partial charge is 0.491 e. The summed E-state index contributed by atoms with van der Waals surface area (Å²) in [6.07, 6.45) is 2.19. The first kappa shape index (κ1) is 26.9. The predicted octanol–water partition coefficient (Wildman–Crippen LogP) is 4.60. The lowest BCUT2D eigenvalue weighted by Crippen LogP contribution is -2.45. The van der Waals surface area contributed by atoms with Crippen LogP contribution in [0.3, 0.4) is 0 Å². The highest BCUT2D eigenvalue weighted by molar-refractivity contribution is 6.31. The Morgan fingerprint density at radius 2 is 1.82 bits per heavy atom. The van der Waals surface area contributed by atoms with Crippen LogP contribution >= 0.6 is 11.6 Å². The number of nitrogens with zero attached hydrogens (tertiary/aromatic N) is 3. The minimum Gasteiger partial charge on any atom is -0.491 e. The van der Waals surface area contributed by atoms with Gasteiger partial charge in [-0.15, -0.1) is 0 Å². The maximum absolute atomic E-state index is 13.5. The molecular formula is C28H29ClN4O5. The Morgan fingerprint density at radius 3 is 2.63 bits per heavy atom. The summed E-state index contributed by atoms with van der Waals surface area (Å²) in [6.45, 7) is 0.0354. The van der Waals surface area contributed by atoms with Crippen LogP contribution in [0.25, 0.3) is 0 Å². The number of carbonyl (C=O) groups is 3. The van der Waals surface area contributed by atoms with Gasteiger partial charge in [0.05, 0.1) is 12.3 Å². The van der Waals surface area contributed by atoms with Crippen LogP contribution < -0.4 is 10.1 Å². The number of carboxylic acids is 1. The highest BCUT2D eigenvalue weighted by Gasteiger charge is 2.25. The molecule has 2 N–H and O–H groups in total. The number of aromatic nitrogens is 1. The number of para-hydroxylation sites is 2. The number of hydrogen-bond donors (Lipinski definition) is 2. The number of hydrogen-bond acceptors (Lipinski definition) is 6. The summed E-state index contributed by atoms with van der Waals surface area (Å²) >= 11 is 6.25. The molecule has 0 saturated heterocycles. The van der Waals surface area contributed by atoms with Crippen molar-refractivity contribution in [1.29, 1.82) is 0 Å². The second kappa shape index (κ2) is 12.9. The molecule has 0 fully saturated rings. The molecule has 2 heterocycles. The maximum Gasteiger partial charge on any atom is 0.323 e. The third-order valence-corrected chi connectivity index (χ3v) is 6.43. The Morgan fingerprint density at radius 1 is 1.03 bits per heavy atom. The van der Waals surface area contributed by atoms with Gasteiger partial charge in [-0.1, -0.05) is 48.0 Å². The highest BCUT2D eigenvalue weighted by atomic mass is 35.5. The van der Waals surface area contributed by atoms with Gasteiger partial charge in [-0.2, -0.15) is 0 Å². The van der Waals surface area contributed by atoms with E-state index >= 15 is 0 Å². The molecule has 38 heavy (non-hydrogen) atoms. The lowest BCUT2D eigenvalue weighted by atomic mass is 10.2. The number of amides is 2. The van der Waals surface area contributed by atoms with Crippen LogP contribution in [0.2, 0.25) is 5.02 Å². The molecule has 1 aliphatic rings. The zero-order valence-electron chi connectivity index (χ0n) is 20.8. The minimum absolute atomic E-state index is 0.0151. The van der Waals surface area contributed by atoms with Crippen molar-refractivity contribution >= 4 is 40.9 Å². The van der Waals surface area contributed by atoms with Crippen LogP contribution in [0.4, 0.5) is 11.5 Å². The topological polar surface area (TPSA) is 112 Å². The van der Waals surface area contributed by atoms with E-state index < -0.39 is 24.3 Å². The second-order valence-corrected chi connectivity index (χ2v) is 9.31. The van der Waals surface area contributed by atoms with Crippen molar-refractivity contribution in [3.8, 4) is 5.75 Å². The lowest BCUT2D eigenvalue weighted by Gasteiger charge is -2.27.